The summed E-state index contributed by atoms with van der Waals surface area (Å²) in [6.45, 7) is 5.24. The van der Waals surface area contributed by atoms with Crippen LogP contribution in [0.4, 0.5) is 9.59 Å². The van der Waals surface area contributed by atoms with Gasteiger partial charge in [0.05, 0.1) is 12.6 Å². The summed E-state index contributed by atoms with van der Waals surface area (Å²) in [4.78, 5) is 42.0. The first kappa shape index (κ1) is 25.9. The Hall–Kier alpha value is -1.16. The van der Waals surface area contributed by atoms with E-state index < -0.39 is 46.1 Å². The van der Waals surface area contributed by atoms with Crippen LogP contribution in [-0.2, 0) is 29.1 Å². The van der Waals surface area contributed by atoms with Gasteiger partial charge in [0.15, 0.2) is 0 Å². The fourth-order valence-corrected chi connectivity index (χ4v) is 3.19. The number of nitrogens with one attached hydrogen (secondary N) is 2. The third kappa shape index (κ3) is 7.88. The predicted octanol–water partition coefficient (Wildman–Crippen LogP) is -3.78. The van der Waals surface area contributed by atoms with Crippen LogP contribution in [0.25, 0.3) is 0 Å². The van der Waals surface area contributed by atoms with Gasteiger partial charge in [-0.2, -0.15) is 9.35 Å². The molecule has 29 heavy (non-hydrogen) atoms. The van der Waals surface area contributed by atoms with Crippen LogP contribution in [0.3, 0.4) is 0 Å². The summed E-state index contributed by atoms with van der Waals surface area (Å²) < 4.78 is 41.4. The second-order valence-electron chi connectivity index (χ2n) is 7.23. The number of rotatable bonds is 7. The molecule has 15 heteroatoms. The summed E-state index contributed by atoms with van der Waals surface area (Å²) in [5.41, 5.74) is 1.54. The number of carbonyl (C=O) groups is 3. The Labute approximate surface area is 190 Å². The summed E-state index contributed by atoms with van der Waals surface area (Å²) >= 11 is 0. The van der Waals surface area contributed by atoms with Gasteiger partial charge in [0, 0.05) is 13.1 Å². The number of urea groups is 1. The van der Waals surface area contributed by atoms with Crippen molar-refractivity contribution >= 4 is 28.4 Å². The van der Waals surface area contributed by atoms with Crippen molar-refractivity contribution in [2.24, 2.45) is 0 Å². The number of hydrogen-bond donors (Lipinski definition) is 2. The van der Waals surface area contributed by atoms with Crippen LogP contribution >= 0.6 is 0 Å². The summed E-state index contributed by atoms with van der Waals surface area (Å²) in [7, 11) is -5.10. The van der Waals surface area contributed by atoms with Crippen LogP contribution in [0, 0.1) is 0 Å². The minimum atomic E-state index is -5.10. The number of amides is 4. The molecule has 0 saturated carbocycles. The summed E-state index contributed by atoms with van der Waals surface area (Å²) in [5.74, 6) is -0.615. The molecule has 0 aliphatic carbocycles. The fraction of sp³-hybridized carbons (Fsp3) is 0.786. The number of ether oxygens (including phenoxy) is 1. The molecule has 0 radical (unpaired) electrons. The molecule has 0 spiro atoms. The van der Waals surface area contributed by atoms with E-state index in [1.807, 2.05) is 0 Å². The first-order chi connectivity index (χ1) is 12.9. The fourth-order valence-electron chi connectivity index (χ4n) is 2.81. The molecule has 2 fully saturated rings. The van der Waals surface area contributed by atoms with Gasteiger partial charge in [-0.3, -0.25) is 9.63 Å². The van der Waals surface area contributed by atoms with E-state index in [0.29, 0.717) is 5.06 Å². The second-order valence-corrected chi connectivity index (χ2v) is 8.20. The van der Waals surface area contributed by atoms with Crippen molar-refractivity contribution in [2.45, 2.75) is 51.3 Å². The third-order valence-electron chi connectivity index (χ3n) is 3.84. The molecule has 2 N–H and O–H groups in total. The molecule has 2 heterocycles. The van der Waals surface area contributed by atoms with Crippen molar-refractivity contribution in [3.63, 3.8) is 0 Å². The summed E-state index contributed by atoms with van der Waals surface area (Å²) in [5, 5.41) is 2.93. The van der Waals surface area contributed by atoms with Crippen molar-refractivity contribution in [1.82, 2.24) is 20.8 Å². The smallest absolute Gasteiger partial charge is 0.724 e. The maximum atomic E-state index is 12.2. The van der Waals surface area contributed by atoms with Crippen LogP contribution in [0.5, 0.6) is 0 Å². The first-order valence-electron chi connectivity index (χ1n) is 8.51. The molecule has 0 aromatic heterocycles. The number of nitrogens with zero attached hydrogens (tertiary/aromatic N) is 2. The van der Waals surface area contributed by atoms with Gasteiger partial charge in [-0.05, 0) is 33.6 Å². The zero-order valence-corrected chi connectivity index (χ0v) is 19.5. The maximum Gasteiger partial charge on any atom is 1.00 e. The Kier molecular flexibility index (Phi) is 9.13. The molecule has 2 aliphatic heterocycles. The van der Waals surface area contributed by atoms with Crippen molar-refractivity contribution < 1.29 is 70.8 Å². The van der Waals surface area contributed by atoms with E-state index in [1.165, 1.54) is 0 Å². The molecular formula is C14H23N4NaO9S. The Morgan fingerprint density at radius 2 is 1.93 bits per heavy atom. The minimum absolute atomic E-state index is 0. The molecule has 0 unspecified atom stereocenters. The van der Waals surface area contributed by atoms with Gasteiger partial charge in [-0.15, -0.1) is 0 Å². The number of piperidine rings is 1. The molecule has 2 aliphatic rings. The summed E-state index contributed by atoms with van der Waals surface area (Å²) in [6.07, 6.45) is -0.117. The minimum Gasteiger partial charge on any atom is -0.724 e. The maximum absolute atomic E-state index is 12.2. The number of fused-ring (bicyclic) bond motifs is 2. The van der Waals surface area contributed by atoms with E-state index in [2.05, 4.69) is 15.1 Å². The van der Waals surface area contributed by atoms with Gasteiger partial charge in [0.25, 0.3) is 5.91 Å². The Morgan fingerprint density at radius 1 is 1.28 bits per heavy atom. The molecule has 2 bridgehead atoms. The average Bonchev–Trinajstić information content (AvgIpc) is 2.76. The molecule has 160 valence electrons. The number of hydroxylamine groups is 3. The van der Waals surface area contributed by atoms with E-state index in [0.717, 1.165) is 4.90 Å². The van der Waals surface area contributed by atoms with Gasteiger partial charge in [0.2, 0.25) is 10.4 Å². The van der Waals surface area contributed by atoms with Crippen LogP contribution in [0.1, 0.15) is 33.6 Å². The van der Waals surface area contributed by atoms with Crippen LogP contribution in [-0.4, -0.2) is 78.3 Å². The number of alkyl carbamates (subject to hydrolysis) is 1. The van der Waals surface area contributed by atoms with Crippen molar-refractivity contribution in [3.05, 3.63) is 0 Å². The normalized spacial score (nSPS) is 21.4. The zero-order valence-electron chi connectivity index (χ0n) is 16.7. The quantitative estimate of drug-likeness (QED) is 0.131. The van der Waals surface area contributed by atoms with E-state index in [9.17, 15) is 27.4 Å². The van der Waals surface area contributed by atoms with Gasteiger partial charge >= 0.3 is 41.7 Å². The van der Waals surface area contributed by atoms with E-state index in [-0.39, 0.29) is 62.1 Å². The standard InChI is InChI=1S/C14H24N4O9S.Na/c1-14(2,3)26-12(20)15-6-7-25-16-11(19)10-5-4-9-8-17(10)13(21)18(9)27-28(22,23)24;/h9-10H,4-8H2,1-3H3,(H,15,20)(H,16,19)(H,22,23,24);/q;+1/p-1/t9-,10+;/m1./s1. The number of hydrogen-bond acceptors (Lipinski definition) is 9. The van der Waals surface area contributed by atoms with Gasteiger partial charge in [0.1, 0.15) is 11.6 Å². The van der Waals surface area contributed by atoms with Gasteiger partial charge < -0.3 is 19.5 Å². The van der Waals surface area contributed by atoms with Crippen molar-refractivity contribution in [1.29, 1.82) is 0 Å². The molecule has 13 nitrogen and oxygen atoms in total. The molecular weight excluding hydrogens is 423 g/mol. The molecule has 0 aromatic rings. The Balaban J connectivity index is 0.00000420. The zero-order chi connectivity index (χ0) is 21.1. The van der Waals surface area contributed by atoms with Gasteiger partial charge in [-0.25, -0.2) is 23.5 Å². The molecule has 2 saturated heterocycles. The van der Waals surface area contributed by atoms with Crippen LogP contribution in [0.15, 0.2) is 0 Å². The molecule has 2 rings (SSSR count). The van der Waals surface area contributed by atoms with E-state index >= 15 is 0 Å². The van der Waals surface area contributed by atoms with Crippen LogP contribution < -0.4 is 40.4 Å². The molecule has 4 amide bonds. The largest absolute Gasteiger partial charge is 1.00 e. The Morgan fingerprint density at radius 3 is 2.52 bits per heavy atom. The molecule has 2 atom stereocenters. The Bertz CT molecular complexity index is 727. The van der Waals surface area contributed by atoms with Crippen molar-refractivity contribution in [2.75, 3.05) is 19.7 Å². The predicted molar refractivity (Wildman–Crippen MR) is 89.9 cm³/mol. The van der Waals surface area contributed by atoms with Gasteiger partial charge in [-0.1, -0.05) is 0 Å². The first-order valence-corrected chi connectivity index (χ1v) is 9.84. The van der Waals surface area contributed by atoms with Crippen LogP contribution in [0.2, 0.25) is 0 Å². The second kappa shape index (κ2) is 10.2. The van der Waals surface area contributed by atoms with E-state index in [4.69, 9.17) is 9.57 Å². The third-order valence-corrected chi connectivity index (χ3v) is 4.19. The van der Waals surface area contributed by atoms with E-state index in [1.54, 1.807) is 20.8 Å². The monoisotopic (exact) mass is 446 g/mol. The summed E-state index contributed by atoms with van der Waals surface area (Å²) in [6, 6.07) is -2.40. The average molecular weight is 446 g/mol. The SMILES string of the molecule is CC(C)(C)OC(=O)NCCONC(=O)[C@@H]1CC[C@@H]2CN1C(=O)N2OS(=O)(=O)[O-].[Na+]. The van der Waals surface area contributed by atoms with Crippen molar-refractivity contribution in [3.8, 4) is 0 Å². The number of carbonyl (C=O) groups excluding carboxylic acids is 3. The topological polar surface area (TPSA) is 167 Å². The molecule has 0 aromatic carbocycles.